The molecule has 1 aromatic heterocycles. The van der Waals surface area contributed by atoms with Crippen LogP contribution in [-0.2, 0) is 4.79 Å². The van der Waals surface area contributed by atoms with Crippen LogP contribution < -0.4 is 5.73 Å². The number of piperazine rings is 1. The van der Waals surface area contributed by atoms with Crippen molar-refractivity contribution in [2.75, 3.05) is 26.2 Å². The lowest BCUT2D eigenvalue weighted by molar-refractivity contribution is -0.137. The van der Waals surface area contributed by atoms with E-state index in [-0.39, 0.29) is 36.6 Å². The van der Waals surface area contributed by atoms with Crippen LogP contribution in [0.3, 0.4) is 0 Å². The number of aromatic nitrogens is 2. The molecule has 3 N–H and O–H groups in total. The Morgan fingerprint density at radius 2 is 1.55 bits per heavy atom. The normalized spacial score (nSPS) is 14.2. The summed E-state index contributed by atoms with van der Waals surface area (Å²) >= 11 is 0. The first-order valence-corrected chi connectivity index (χ1v) is 10.4. The molecule has 0 saturated carbocycles. The van der Waals surface area contributed by atoms with E-state index in [1.165, 1.54) is 0 Å². The van der Waals surface area contributed by atoms with Crippen LogP contribution in [0, 0.1) is 0 Å². The molecule has 176 valence electrons. The summed E-state index contributed by atoms with van der Waals surface area (Å²) < 4.78 is 0. The Hall–Kier alpha value is -2.87. The van der Waals surface area contributed by atoms with Gasteiger partial charge in [0, 0.05) is 37.1 Å². The van der Waals surface area contributed by atoms with E-state index >= 15 is 0 Å². The Morgan fingerprint density at radius 1 is 0.939 bits per heavy atom. The van der Waals surface area contributed by atoms with Gasteiger partial charge in [-0.2, -0.15) is 5.10 Å². The van der Waals surface area contributed by atoms with Gasteiger partial charge in [0.25, 0.3) is 5.91 Å². The van der Waals surface area contributed by atoms with E-state index in [1.807, 2.05) is 60.7 Å². The van der Waals surface area contributed by atoms with Gasteiger partial charge >= 0.3 is 0 Å². The number of nitrogens with two attached hydrogens (primary N) is 1. The minimum atomic E-state index is -0.891. The lowest BCUT2D eigenvalue weighted by Gasteiger charge is -2.37. The smallest absolute Gasteiger partial charge is 0.253 e. The highest BCUT2D eigenvalue weighted by atomic mass is 35.5. The molecule has 3 aromatic rings. The zero-order valence-electron chi connectivity index (χ0n) is 18.7. The van der Waals surface area contributed by atoms with Crippen molar-refractivity contribution in [1.82, 2.24) is 20.0 Å². The predicted octanol–water partition coefficient (Wildman–Crippen LogP) is 3.60. The molecule has 0 bridgehead atoms. The molecule has 7 nitrogen and oxygen atoms in total. The zero-order valence-corrected chi connectivity index (χ0v) is 20.3. The number of halogens is 2. The molecule has 1 saturated heterocycles. The minimum Gasteiger partial charge on any atom is -0.338 e. The number of para-hydroxylation sites is 1. The number of benzene rings is 2. The number of carbonyl (C=O) groups excluding carboxylic acids is 2. The third-order valence-corrected chi connectivity index (χ3v) is 5.50. The first-order valence-electron chi connectivity index (χ1n) is 10.4. The van der Waals surface area contributed by atoms with Crippen molar-refractivity contribution in [3.63, 3.8) is 0 Å². The number of carbonyl (C=O) groups is 2. The maximum absolute atomic E-state index is 12.8. The van der Waals surface area contributed by atoms with Gasteiger partial charge in [-0.1, -0.05) is 36.4 Å². The van der Waals surface area contributed by atoms with Crippen molar-refractivity contribution in [1.29, 1.82) is 0 Å². The van der Waals surface area contributed by atoms with Crippen molar-refractivity contribution in [2.45, 2.75) is 19.4 Å². The average molecular weight is 490 g/mol. The number of nitrogens with zero attached hydrogens (tertiary/aromatic N) is 3. The highest BCUT2D eigenvalue weighted by molar-refractivity contribution is 5.95. The van der Waals surface area contributed by atoms with Gasteiger partial charge < -0.3 is 15.5 Å². The topological polar surface area (TPSA) is 95.3 Å². The van der Waals surface area contributed by atoms with Gasteiger partial charge in [-0.3, -0.25) is 14.7 Å². The Labute approximate surface area is 205 Å². The number of hydrogen-bond donors (Lipinski definition) is 2. The van der Waals surface area contributed by atoms with E-state index in [0.29, 0.717) is 31.7 Å². The summed E-state index contributed by atoms with van der Waals surface area (Å²) in [6.07, 6.45) is 3.95. The molecule has 4 rings (SSSR count). The van der Waals surface area contributed by atoms with Gasteiger partial charge in [0.1, 0.15) is 0 Å². The number of aromatic amines is 1. The fraction of sp³-hybridized carbons (Fsp3) is 0.292. The Kier molecular flexibility index (Phi) is 8.66. The average Bonchev–Trinajstić information content (AvgIpc) is 3.20. The quantitative estimate of drug-likeness (QED) is 0.584. The maximum Gasteiger partial charge on any atom is 0.253 e. The van der Waals surface area contributed by atoms with E-state index in [1.54, 1.807) is 23.6 Å². The summed E-state index contributed by atoms with van der Waals surface area (Å²) in [6.45, 7) is 5.44. The summed E-state index contributed by atoms with van der Waals surface area (Å²) in [5.41, 5.74) is 8.53. The molecular weight excluding hydrogens is 461 g/mol. The lowest BCUT2D eigenvalue weighted by atomic mass is 10.0. The fourth-order valence-electron chi connectivity index (χ4n) is 3.73. The molecule has 2 amide bonds. The van der Waals surface area contributed by atoms with Crippen molar-refractivity contribution >= 4 is 59.7 Å². The molecule has 2 aromatic carbocycles. The standard InChI is InChI=1S/C24H27N5O2.2ClH/c1-24(2,25)23(31)29-15-13-28(14-16-29)22(30)18-10-7-17(8-11-18)9-12-21-19-5-3-4-6-20(19)26-27-21;;/h3-12H,13-16,25H2,1-2H3,(H,26,27);2*1H/b12-9+;;. The number of hydrogen-bond acceptors (Lipinski definition) is 4. The molecule has 33 heavy (non-hydrogen) atoms. The molecule has 9 heteroatoms. The summed E-state index contributed by atoms with van der Waals surface area (Å²) in [6, 6.07) is 15.5. The van der Waals surface area contributed by atoms with Crippen molar-refractivity contribution in [3.8, 4) is 0 Å². The number of fused-ring (bicyclic) bond motifs is 1. The Balaban J connectivity index is 0.00000193. The Morgan fingerprint density at radius 3 is 2.18 bits per heavy atom. The predicted molar refractivity (Wildman–Crippen MR) is 137 cm³/mol. The fourth-order valence-corrected chi connectivity index (χ4v) is 3.73. The van der Waals surface area contributed by atoms with E-state index in [4.69, 9.17) is 5.73 Å². The van der Waals surface area contributed by atoms with Crippen LogP contribution in [0.15, 0.2) is 48.5 Å². The SMILES string of the molecule is CC(C)(N)C(=O)N1CCN(C(=O)c2ccc(/C=C/c3n[nH]c4ccccc34)cc2)CC1.Cl.Cl. The van der Waals surface area contributed by atoms with E-state index in [2.05, 4.69) is 10.2 Å². The van der Waals surface area contributed by atoms with Crippen LogP contribution in [-0.4, -0.2) is 63.5 Å². The molecule has 2 heterocycles. The first-order chi connectivity index (χ1) is 14.8. The van der Waals surface area contributed by atoms with Crippen LogP contribution in [0.4, 0.5) is 0 Å². The maximum atomic E-state index is 12.8. The summed E-state index contributed by atoms with van der Waals surface area (Å²) in [5.74, 6) is -0.103. The Bertz CT molecular complexity index is 1130. The molecule has 0 spiro atoms. The van der Waals surface area contributed by atoms with Gasteiger partial charge in [-0.25, -0.2) is 0 Å². The monoisotopic (exact) mass is 489 g/mol. The van der Waals surface area contributed by atoms with Crippen LogP contribution in [0.2, 0.25) is 0 Å². The van der Waals surface area contributed by atoms with E-state index < -0.39 is 5.54 Å². The summed E-state index contributed by atoms with van der Waals surface area (Å²) in [7, 11) is 0. The van der Waals surface area contributed by atoms with Crippen LogP contribution >= 0.6 is 24.8 Å². The molecule has 0 aliphatic carbocycles. The molecule has 0 atom stereocenters. The van der Waals surface area contributed by atoms with Gasteiger partial charge in [0.05, 0.1) is 16.7 Å². The zero-order chi connectivity index (χ0) is 22.0. The van der Waals surface area contributed by atoms with Crippen LogP contribution in [0.1, 0.15) is 35.5 Å². The molecule has 1 fully saturated rings. The van der Waals surface area contributed by atoms with Gasteiger partial charge in [-0.15, -0.1) is 24.8 Å². The van der Waals surface area contributed by atoms with Gasteiger partial charge in [0.2, 0.25) is 5.91 Å². The second-order valence-electron chi connectivity index (χ2n) is 8.42. The second-order valence-corrected chi connectivity index (χ2v) is 8.42. The number of rotatable bonds is 4. The third kappa shape index (κ3) is 5.93. The molecule has 0 radical (unpaired) electrons. The minimum absolute atomic E-state index is 0. The lowest BCUT2D eigenvalue weighted by Crippen LogP contribution is -2.57. The molecular formula is C24H29Cl2N5O2. The number of nitrogens with one attached hydrogen (secondary N) is 1. The van der Waals surface area contributed by atoms with Gasteiger partial charge in [0.15, 0.2) is 0 Å². The van der Waals surface area contributed by atoms with E-state index in [0.717, 1.165) is 22.2 Å². The second kappa shape index (κ2) is 10.8. The number of amides is 2. The van der Waals surface area contributed by atoms with Crippen molar-refractivity contribution in [2.24, 2.45) is 5.73 Å². The largest absolute Gasteiger partial charge is 0.338 e. The summed E-state index contributed by atoms with van der Waals surface area (Å²) in [5, 5.41) is 8.43. The van der Waals surface area contributed by atoms with E-state index in [9.17, 15) is 9.59 Å². The molecule has 1 aliphatic rings. The van der Waals surface area contributed by atoms with Crippen LogP contribution in [0.25, 0.3) is 23.1 Å². The first kappa shape index (κ1) is 26.4. The van der Waals surface area contributed by atoms with Crippen molar-refractivity contribution in [3.05, 3.63) is 65.4 Å². The molecule has 0 unspecified atom stereocenters. The third-order valence-electron chi connectivity index (χ3n) is 5.50. The van der Waals surface area contributed by atoms with Crippen LogP contribution in [0.5, 0.6) is 0 Å². The highest BCUT2D eigenvalue weighted by Gasteiger charge is 2.31. The highest BCUT2D eigenvalue weighted by Crippen LogP contribution is 2.18. The molecule has 1 aliphatic heterocycles. The van der Waals surface area contributed by atoms with Crippen molar-refractivity contribution < 1.29 is 9.59 Å². The number of H-pyrrole nitrogens is 1. The van der Waals surface area contributed by atoms with Gasteiger partial charge in [-0.05, 0) is 43.7 Å². The summed E-state index contributed by atoms with van der Waals surface area (Å²) in [4.78, 5) is 28.7.